The molecule has 0 unspecified atom stereocenters. The molecule has 4 aliphatic heterocycles. The topological polar surface area (TPSA) is 94.6 Å². The van der Waals surface area contributed by atoms with Crippen LogP contribution in [0.3, 0.4) is 0 Å². The van der Waals surface area contributed by atoms with Gasteiger partial charge in [0, 0.05) is 70.5 Å². The first-order valence-corrected chi connectivity index (χ1v) is 16.4. The molecule has 2 aromatic carbocycles. The first-order valence-electron chi connectivity index (χ1n) is 16.4. The number of aromatic hydroxyl groups is 1. The molecular formula is C34H43F3N4O5. The van der Waals surface area contributed by atoms with Crippen LogP contribution in [0, 0.1) is 11.8 Å². The molecule has 4 aliphatic rings. The van der Waals surface area contributed by atoms with Gasteiger partial charge in [-0.2, -0.15) is 13.2 Å². The number of para-hydroxylation sites is 1. The maximum absolute atomic E-state index is 14.0. The number of benzene rings is 2. The lowest BCUT2D eigenvalue weighted by molar-refractivity contribution is -0.140. The number of amides is 2. The van der Waals surface area contributed by atoms with Gasteiger partial charge in [-0.3, -0.25) is 19.4 Å². The van der Waals surface area contributed by atoms with Crippen LogP contribution >= 0.6 is 0 Å². The van der Waals surface area contributed by atoms with E-state index in [4.69, 9.17) is 9.47 Å². The van der Waals surface area contributed by atoms with Crippen molar-refractivity contribution < 1.29 is 37.3 Å². The Morgan fingerprint density at radius 3 is 2.50 bits per heavy atom. The zero-order chi connectivity index (χ0) is 32.3. The summed E-state index contributed by atoms with van der Waals surface area (Å²) in [6.07, 6.45) is -1.05. The van der Waals surface area contributed by atoms with Crippen LogP contribution in [0.25, 0.3) is 0 Å². The molecule has 0 spiro atoms. The maximum Gasteiger partial charge on any atom is 0.416 e. The molecule has 3 atom stereocenters. The number of carbonyl (C=O) groups is 2. The van der Waals surface area contributed by atoms with Gasteiger partial charge in [-0.05, 0) is 68.3 Å². The van der Waals surface area contributed by atoms with Crippen molar-refractivity contribution in [2.24, 2.45) is 11.8 Å². The zero-order valence-corrected chi connectivity index (χ0v) is 26.0. The summed E-state index contributed by atoms with van der Waals surface area (Å²) in [4.78, 5) is 33.9. The van der Waals surface area contributed by atoms with Gasteiger partial charge in [0.2, 0.25) is 5.91 Å². The minimum atomic E-state index is -4.61. The molecule has 2 amide bonds. The number of carbonyl (C=O) groups excluding carboxylic acids is 2. The van der Waals surface area contributed by atoms with E-state index >= 15 is 0 Å². The number of nitrogens with one attached hydrogen (secondary N) is 1. The highest BCUT2D eigenvalue weighted by molar-refractivity contribution is 5.97. The second-order valence-electron chi connectivity index (χ2n) is 13.0. The number of hydrogen-bond donors (Lipinski definition) is 2. The zero-order valence-electron chi connectivity index (χ0n) is 26.0. The second kappa shape index (κ2) is 14.2. The van der Waals surface area contributed by atoms with Gasteiger partial charge >= 0.3 is 6.18 Å². The van der Waals surface area contributed by atoms with Crippen LogP contribution in [-0.2, 0) is 22.3 Å². The Balaban J connectivity index is 1.26. The monoisotopic (exact) mass is 644 g/mol. The summed E-state index contributed by atoms with van der Waals surface area (Å²) in [5.74, 6) is -0.0704. The van der Waals surface area contributed by atoms with Crippen molar-refractivity contribution in [3.05, 3.63) is 59.2 Å². The number of rotatable bonds is 3. The second-order valence-corrected chi connectivity index (χ2v) is 13.0. The van der Waals surface area contributed by atoms with Gasteiger partial charge in [0.25, 0.3) is 5.91 Å². The summed E-state index contributed by atoms with van der Waals surface area (Å²) in [7, 11) is 0. The summed E-state index contributed by atoms with van der Waals surface area (Å²) in [5, 5.41) is 13.2. The van der Waals surface area contributed by atoms with Crippen molar-refractivity contribution in [1.82, 2.24) is 20.0 Å². The fourth-order valence-electron chi connectivity index (χ4n) is 7.52. The first kappa shape index (κ1) is 32.6. The molecule has 6 rings (SSSR count). The van der Waals surface area contributed by atoms with Gasteiger partial charge in [0.15, 0.2) is 0 Å². The van der Waals surface area contributed by atoms with Crippen molar-refractivity contribution in [2.75, 3.05) is 59.1 Å². The number of hydrogen-bond acceptors (Lipinski definition) is 7. The lowest BCUT2D eigenvalue weighted by Crippen LogP contribution is -2.60. The van der Waals surface area contributed by atoms with Crippen molar-refractivity contribution in [3.8, 4) is 11.5 Å². The van der Waals surface area contributed by atoms with Gasteiger partial charge in [0.1, 0.15) is 18.1 Å². The van der Waals surface area contributed by atoms with Crippen LogP contribution in [0.2, 0.25) is 0 Å². The third kappa shape index (κ3) is 7.61. The van der Waals surface area contributed by atoms with Gasteiger partial charge in [0.05, 0.1) is 17.2 Å². The highest BCUT2D eigenvalue weighted by Crippen LogP contribution is 2.35. The van der Waals surface area contributed by atoms with Crippen molar-refractivity contribution in [1.29, 1.82) is 0 Å². The van der Waals surface area contributed by atoms with E-state index in [0.29, 0.717) is 58.3 Å². The molecule has 0 bridgehead atoms. The average Bonchev–Trinajstić information content (AvgIpc) is 3.05. The van der Waals surface area contributed by atoms with E-state index in [2.05, 4.69) is 15.1 Å². The molecule has 0 radical (unpaired) electrons. The van der Waals surface area contributed by atoms with Gasteiger partial charge < -0.3 is 24.8 Å². The van der Waals surface area contributed by atoms with E-state index in [0.717, 1.165) is 50.0 Å². The summed E-state index contributed by atoms with van der Waals surface area (Å²) in [6.45, 7) is 5.59. The Bertz CT molecular complexity index is 1380. The number of phenols is 1. The van der Waals surface area contributed by atoms with E-state index in [9.17, 15) is 27.9 Å². The van der Waals surface area contributed by atoms with Gasteiger partial charge in [-0.25, -0.2) is 0 Å². The number of halogens is 3. The lowest BCUT2D eigenvalue weighted by atomic mass is 9.80. The molecule has 0 saturated carbocycles. The molecule has 0 aliphatic carbocycles. The molecule has 3 saturated heterocycles. The Morgan fingerprint density at radius 2 is 1.72 bits per heavy atom. The van der Waals surface area contributed by atoms with E-state index in [1.54, 1.807) is 12.1 Å². The molecule has 2 N–H and O–H groups in total. The molecule has 46 heavy (non-hydrogen) atoms. The van der Waals surface area contributed by atoms with Crippen LogP contribution in [0.1, 0.15) is 53.6 Å². The Labute approximate surface area is 267 Å². The number of fused-ring (bicyclic) bond motifs is 3. The summed E-state index contributed by atoms with van der Waals surface area (Å²) in [5.41, 5.74) is -0.254. The largest absolute Gasteiger partial charge is 0.508 e. The minimum absolute atomic E-state index is 0.0677. The average molecular weight is 645 g/mol. The van der Waals surface area contributed by atoms with Crippen LogP contribution in [0.15, 0.2) is 42.5 Å². The molecule has 9 nitrogen and oxygen atoms in total. The predicted molar refractivity (Wildman–Crippen MR) is 164 cm³/mol. The number of nitrogens with zero attached hydrogens (tertiary/aromatic N) is 3. The Kier molecular flexibility index (Phi) is 10.0. The summed E-state index contributed by atoms with van der Waals surface area (Å²) in [6, 6.07) is 10.3. The SMILES string of the molecule is O=C1NCC[C@H]2CN(Cc3ccccc3O)CC[C@H]2CC(=O)N2CCN(C3CCOCC3)C[C@H]2COc2ccc(C(F)(F)F)cc21. The predicted octanol–water partition coefficient (Wildman–Crippen LogP) is 4.14. The molecular weight excluding hydrogens is 601 g/mol. The lowest BCUT2D eigenvalue weighted by Gasteiger charge is -2.46. The quantitative estimate of drug-likeness (QED) is 0.519. The molecule has 0 aromatic heterocycles. The van der Waals surface area contributed by atoms with Crippen LogP contribution < -0.4 is 10.1 Å². The summed E-state index contributed by atoms with van der Waals surface area (Å²) < 4.78 is 52.7. The van der Waals surface area contributed by atoms with E-state index in [1.165, 1.54) is 6.07 Å². The number of ether oxygens (including phenoxy) is 2. The molecule has 12 heteroatoms. The highest BCUT2D eigenvalue weighted by atomic mass is 19.4. The highest BCUT2D eigenvalue weighted by Gasteiger charge is 2.38. The fourth-order valence-corrected chi connectivity index (χ4v) is 7.52. The molecule has 3 fully saturated rings. The van der Waals surface area contributed by atoms with Crippen molar-refractivity contribution in [2.45, 2.75) is 56.9 Å². The Hall–Kier alpha value is -3.35. The molecule has 2 aromatic rings. The number of alkyl halides is 3. The van der Waals surface area contributed by atoms with E-state index in [1.807, 2.05) is 17.0 Å². The van der Waals surface area contributed by atoms with Crippen molar-refractivity contribution >= 4 is 11.8 Å². The van der Waals surface area contributed by atoms with E-state index < -0.39 is 17.6 Å². The Morgan fingerprint density at radius 1 is 0.913 bits per heavy atom. The van der Waals surface area contributed by atoms with Crippen LogP contribution in [0.4, 0.5) is 13.2 Å². The minimum Gasteiger partial charge on any atom is -0.508 e. The maximum atomic E-state index is 14.0. The first-order chi connectivity index (χ1) is 22.2. The smallest absolute Gasteiger partial charge is 0.416 e. The van der Waals surface area contributed by atoms with Crippen molar-refractivity contribution in [3.63, 3.8) is 0 Å². The number of likely N-dealkylation sites (tertiary alicyclic amines) is 1. The number of phenolic OH excluding ortho intramolecular Hbond substituents is 1. The van der Waals surface area contributed by atoms with Crippen LogP contribution in [0.5, 0.6) is 11.5 Å². The fraction of sp³-hybridized carbons (Fsp3) is 0.588. The van der Waals surface area contributed by atoms with Crippen LogP contribution in [-0.4, -0.2) is 103 Å². The van der Waals surface area contributed by atoms with Gasteiger partial charge in [-0.15, -0.1) is 0 Å². The van der Waals surface area contributed by atoms with E-state index in [-0.39, 0.29) is 54.0 Å². The third-order valence-corrected chi connectivity index (χ3v) is 10.1. The number of piperidine rings is 1. The standard InChI is InChI=1S/C34H43F3N4O5/c35-34(36,37)26-5-6-31-29(18-26)33(44)38-11-7-24-19-39(20-25-3-1-2-4-30(25)42)12-8-23(24)17-32(43)41-14-13-40(21-28(41)22-46-31)27-9-15-45-16-10-27/h1-6,18,23-24,27-28,42H,7-17,19-22H2,(H,38,44)/t23-,24-,28-/m0/s1. The molecule has 4 heterocycles. The normalized spacial score (nSPS) is 26.2. The summed E-state index contributed by atoms with van der Waals surface area (Å²) >= 11 is 0. The van der Waals surface area contributed by atoms with Gasteiger partial charge in [-0.1, -0.05) is 18.2 Å². The number of piperazine rings is 1. The molecule has 250 valence electrons. The third-order valence-electron chi connectivity index (χ3n) is 10.1.